The molecule has 0 heterocycles. The molecule has 0 amide bonds. The largest absolute Gasteiger partial charge is 0.396 e. The zero-order chi connectivity index (χ0) is 9.94. The van der Waals surface area contributed by atoms with Gasteiger partial charge in [-0.3, -0.25) is 0 Å². The maximum atomic E-state index is 9.23. The van der Waals surface area contributed by atoms with Gasteiger partial charge >= 0.3 is 0 Å². The summed E-state index contributed by atoms with van der Waals surface area (Å²) in [5.74, 6) is 0. The second kappa shape index (κ2) is 9.96. The number of hydrogen-bond acceptors (Lipinski definition) is 3. The summed E-state index contributed by atoms with van der Waals surface area (Å²) in [7, 11) is 0. The van der Waals surface area contributed by atoms with Crippen molar-refractivity contribution in [3.8, 4) is 0 Å². The van der Waals surface area contributed by atoms with Crippen LogP contribution in [-0.4, -0.2) is 36.0 Å². The van der Waals surface area contributed by atoms with E-state index in [1.165, 1.54) is 0 Å². The first-order chi connectivity index (χ1) is 6.31. The van der Waals surface area contributed by atoms with Crippen molar-refractivity contribution in [1.29, 1.82) is 0 Å². The van der Waals surface area contributed by atoms with E-state index in [4.69, 9.17) is 5.11 Å². The Kier molecular flexibility index (Phi) is 9.87. The molecule has 0 aromatic carbocycles. The van der Waals surface area contributed by atoms with E-state index in [0.29, 0.717) is 6.61 Å². The van der Waals surface area contributed by atoms with Crippen LogP contribution in [0.2, 0.25) is 0 Å². The standard InChI is InChI=1S/C10H23NO2/c1-2-10(13)6-8-11-7-4-3-5-9-12/h10-13H,2-9H2,1H3. The second-order valence-electron chi connectivity index (χ2n) is 3.39. The minimum atomic E-state index is -0.148. The Morgan fingerprint density at radius 2 is 1.92 bits per heavy atom. The first-order valence-corrected chi connectivity index (χ1v) is 5.31. The first-order valence-electron chi connectivity index (χ1n) is 5.31. The smallest absolute Gasteiger partial charge is 0.0549 e. The van der Waals surface area contributed by atoms with E-state index >= 15 is 0 Å². The Morgan fingerprint density at radius 3 is 2.54 bits per heavy atom. The SMILES string of the molecule is CCC(O)CCNCCCCCO. The molecule has 3 heteroatoms. The number of unbranched alkanes of at least 4 members (excludes halogenated alkanes) is 2. The van der Waals surface area contributed by atoms with E-state index in [9.17, 15) is 5.11 Å². The number of nitrogens with one attached hydrogen (secondary N) is 1. The lowest BCUT2D eigenvalue weighted by Gasteiger charge is -2.08. The number of aliphatic hydroxyl groups excluding tert-OH is 2. The van der Waals surface area contributed by atoms with Crippen LogP contribution in [0.15, 0.2) is 0 Å². The van der Waals surface area contributed by atoms with E-state index < -0.39 is 0 Å². The van der Waals surface area contributed by atoms with Gasteiger partial charge in [0.2, 0.25) is 0 Å². The van der Waals surface area contributed by atoms with Crippen LogP contribution in [0.3, 0.4) is 0 Å². The molecule has 80 valence electrons. The zero-order valence-electron chi connectivity index (χ0n) is 8.63. The van der Waals surface area contributed by atoms with Gasteiger partial charge in [-0.25, -0.2) is 0 Å². The van der Waals surface area contributed by atoms with Crippen LogP contribution in [0.4, 0.5) is 0 Å². The molecule has 0 aliphatic rings. The Bertz CT molecular complexity index is 98.9. The molecular weight excluding hydrogens is 166 g/mol. The lowest BCUT2D eigenvalue weighted by Crippen LogP contribution is -2.21. The van der Waals surface area contributed by atoms with E-state index in [0.717, 1.165) is 45.2 Å². The van der Waals surface area contributed by atoms with Crippen molar-refractivity contribution >= 4 is 0 Å². The van der Waals surface area contributed by atoms with Crippen LogP contribution < -0.4 is 5.32 Å². The van der Waals surface area contributed by atoms with E-state index in [-0.39, 0.29) is 6.10 Å². The summed E-state index contributed by atoms with van der Waals surface area (Å²) >= 11 is 0. The molecule has 0 aliphatic heterocycles. The van der Waals surface area contributed by atoms with Gasteiger partial charge in [-0.2, -0.15) is 0 Å². The molecule has 0 aliphatic carbocycles. The van der Waals surface area contributed by atoms with Gasteiger partial charge in [-0.05, 0) is 45.2 Å². The highest BCUT2D eigenvalue weighted by Gasteiger charge is 1.98. The van der Waals surface area contributed by atoms with Crippen molar-refractivity contribution in [2.75, 3.05) is 19.7 Å². The van der Waals surface area contributed by atoms with Crippen LogP contribution in [0.25, 0.3) is 0 Å². The average Bonchev–Trinajstić information content (AvgIpc) is 2.16. The van der Waals surface area contributed by atoms with Gasteiger partial charge in [-0.15, -0.1) is 0 Å². The summed E-state index contributed by atoms with van der Waals surface area (Å²) in [4.78, 5) is 0. The van der Waals surface area contributed by atoms with Gasteiger partial charge in [0, 0.05) is 6.61 Å². The summed E-state index contributed by atoms with van der Waals surface area (Å²) in [6.07, 6.45) is 4.63. The van der Waals surface area contributed by atoms with Crippen LogP contribution in [0.5, 0.6) is 0 Å². The fourth-order valence-electron chi connectivity index (χ4n) is 1.14. The first kappa shape index (κ1) is 12.9. The fourth-order valence-corrected chi connectivity index (χ4v) is 1.14. The lowest BCUT2D eigenvalue weighted by atomic mass is 10.2. The van der Waals surface area contributed by atoms with Gasteiger partial charge in [-0.1, -0.05) is 6.92 Å². The maximum Gasteiger partial charge on any atom is 0.0549 e. The third-order valence-electron chi connectivity index (χ3n) is 2.14. The van der Waals surface area contributed by atoms with Gasteiger partial charge in [0.15, 0.2) is 0 Å². The summed E-state index contributed by atoms with van der Waals surface area (Å²) in [6, 6.07) is 0. The van der Waals surface area contributed by atoms with Gasteiger partial charge in [0.05, 0.1) is 6.10 Å². The van der Waals surface area contributed by atoms with Crippen molar-refractivity contribution in [1.82, 2.24) is 5.32 Å². The molecule has 0 spiro atoms. The minimum Gasteiger partial charge on any atom is -0.396 e. The molecule has 0 aromatic rings. The lowest BCUT2D eigenvalue weighted by molar-refractivity contribution is 0.160. The van der Waals surface area contributed by atoms with Gasteiger partial charge < -0.3 is 15.5 Å². The predicted molar refractivity (Wildman–Crippen MR) is 54.7 cm³/mol. The van der Waals surface area contributed by atoms with Crippen LogP contribution in [-0.2, 0) is 0 Å². The van der Waals surface area contributed by atoms with E-state index in [2.05, 4.69) is 5.32 Å². The molecule has 0 rings (SSSR count). The Labute approximate surface area is 81.2 Å². The summed E-state index contributed by atoms with van der Waals surface area (Å²) in [5.41, 5.74) is 0. The van der Waals surface area contributed by atoms with E-state index in [1.54, 1.807) is 0 Å². The topological polar surface area (TPSA) is 52.5 Å². The monoisotopic (exact) mass is 189 g/mol. The molecule has 0 aromatic heterocycles. The summed E-state index contributed by atoms with van der Waals surface area (Å²) < 4.78 is 0. The summed E-state index contributed by atoms with van der Waals surface area (Å²) in [6.45, 7) is 4.19. The molecule has 1 unspecified atom stereocenters. The molecule has 0 bridgehead atoms. The maximum absolute atomic E-state index is 9.23. The molecular formula is C10H23NO2. The van der Waals surface area contributed by atoms with Crippen LogP contribution >= 0.6 is 0 Å². The predicted octanol–water partition coefficient (Wildman–Crippen LogP) is 0.900. The Balaban J connectivity index is 2.91. The van der Waals surface area contributed by atoms with Gasteiger partial charge in [0.25, 0.3) is 0 Å². The van der Waals surface area contributed by atoms with Crippen molar-refractivity contribution < 1.29 is 10.2 Å². The molecule has 1 atom stereocenters. The number of aliphatic hydroxyl groups is 2. The molecule has 0 radical (unpaired) electrons. The highest BCUT2D eigenvalue weighted by molar-refractivity contribution is 4.55. The van der Waals surface area contributed by atoms with Crippen molar-refractivity contribution in [2.24, 2.45) is 0 Å². The molecule has 0 saturated heterocycles. The minimum absolute atomic E-state index is 0.148. The highest BCUT2D eigenvalue weighted by atomic mass is 16.3. The Hall–Kier alpha value is -0.120. The molecule has 0 saturated carbocycles. The molecule has 13 heavy (non-hydrogen) atoms. The van der Waals surface area contributed by atoms with Crippen molar-refractivity contribution in [3.05, 3.63) is 0 Å². The third kappa shape index (κ3) is 9.80. The highest BCUT2D eigenvalue weighted by Crippen LogP contribution is 1.95. The molecule has 3 nitrogen and oxygen atoms in total. The van der Waals surface area contributed by atoms with E-state index in [1.807, 2.05) is 6.92 Å². The molecule has 3 N–H and O–H groups in total. The van der Waals surface area contributed by atoms with Crippen LogP contribution in [0.1, 0.15) is 39.0 Å². The number of hydrogen-bond donors (Lipinski definition) is 3. The number of rotatable bonds is 9. The molecule has 0 fully saturated rings. The third-order valence-corrected chi connectivity index (χ3v) is 2.14. The quantitative estimate of drug-likeness (QED) is 0.472. The van der Waals surface area contributed by atoms with Crippen LogP contribution in [0, 0.1) is 0 Å². The second-order valence-corrected chi connectivity index (χ2v) is 3.39. The normalized spacial score (nSPS) is 13.2. The van der Waals surface area contributed by atoms with Gasteiger partial charge in [0.1, 0.15) is 0 Å². The van der Waals surface area contributed by atoms with Crippen molar-refractivity contribution in [3.63, 3.8) is 0 Å². The fraction of sp³-hybridized carbons (Fsp3) is 1.00. The zero-order valence-corrected chi connectivity index (χ0v) is 8.63. The average molecular weight is 189 g/mol. The summed E-state index contributed by atoms with van der Waals surface area (Å²) in [5, 5.41) is 21.0. The Morgan fingerprint density at radius 1 is 1.15 bits per heavy atom. The van der Waals surface area contributed by atoms with Crippen molar-refractivity contribution in [2.45, 2.75) is 45.1 Å².